The Labute approximate surface area is 113 Å². The van der Waals surface area contributed by atoms with Crippen molar-refractivity contribution in [2.75, 3.05) is 0 Å². The fraction of sp³-hybridized carbons (Fsp3) is 0.917. The highest BCUT2D eigenvalue weighted by atomic mass is 32.2. The molecule has 2 unspecified atom stereocenters. The molecule has 6 nitrogen and oxygen atoms in total. The maximum atomic E-state index is 12.3. The topological polar surface area (TPSA) is 86.7 Å². The SMILES string of the molecule is O=C(O)CC1CC2CCC(C1)N2S(=O)(=O)NC1CC1. The van der Waals surface area contributed by atoms with Gasteiger partial charge in [-0.15, -0.1) is 0 Å². The molecule has 7 heteroatoms. The van der Waals surface area contributed by atoms with E-state index in [-0.39, 0.29) is 30.5 Å². The summed E-state index contributed by atoms with van der Waals surface area (Å²) in [5, 5.41) is 8.87. The summed E-state index contributed by atoms with van der Waals surface area (Å²) in [6.45, 7) is 0. The van der Waals surface area contributed by atoms with E-state index in [0.29, 0.717) is 12.8 Å². The predicted octanol–water partition coefficient (Wildman–Crippen LogP) is 0.701. The molecule has 3 aliphatic rings. The van der Waals surface area contributed by atoms with Crippen molar-refractivity contribution in [1.82, 2.24) is 9.03 Å². The first-order chi connectivity index (χ1) is 8.95. The van der Waals surface area contributed by atoms with E-state index < -0.39 is 16.2 Å². The third-order valence-electron chi connectivity index (χ3n) is 4.40. The molecular formula is C12H20N2O4S. The van der Waals surface area contributed by atoms with Gasteiger partial charge >= 0.3 is 5.97 Å². The van der Waals surface area contributed by atoms with Crippen LogP contribution in [0.4, 0.5) is 0 Å². The number of nitrogens with one attached hydrogen (secondary N) is 1. The van der Waals surface area contributed by atoms with Crippen LogP contribution in [0.3, 0.4) is 0 Å². The van der Waals surface area contributed by atoms with Gasteiger partial charge in [-0.2, -0.15) is 17.4 Å². The van der Waals surface area contributed by atoms with Crippen LogP contribution in [0, 0.1) is 5.92 Å². The van der Waals surface area contributed by atoms with Crippen LogP contribution in [0.2, 0.25) is 0 Å². The molecule has 108 valence electrons. The average molecular weight is 288 g/mol. The van der Waals surface area contributed by atoms with Gasteiger partial charge in [-0.1, -0.05) is 0 Å². The average Bonchev–Trinajstić information content (AvgIpc) is 3.02. The third-order valence-corrected chi connectivity index (χ3v) is 6.18. The van der Waals surface area contributed by atoms with Gasteiger partial charge < -0.3 is 5.11 Å². The predicted molar refractivity (Wildman–Crippen MR) is 68.7 cm³/mol. The zero-order valence-corrected chi connectivity index (χ0v) is 11.6. The Morgan fingerprint density at radius 2 is 1.74 bits per heavy atom. The zero-order chi connectivity index (χ0) is 13.6. The van der Waals surface area contributed by atoms with E-state index in [2.05, 4.69) is 4.72 Å². The molecule has 0 amide bonds. The lowest BCUT2D eigenvalue weighted by Crippen LogP contribution is -2.51. The van der Waals surface area contributed by atoms with Gasteiger partial charge in [0.25, 0.3) is 10.2 Å². The van der Waals surface area contributed by atoms with Gasteiger partial charge in [0.1, 0.15) is 0 Å². The molecule has 2 saturated heterocycles. The molecule has 0 radical (unpaired) electrons. The van der Waals surface area contributed by atoms with Crippen molar-refractivity contribution in [2.45, 2.75) is 63.1 Å². The molecule has 3 rings (SSSR count). The standard InChI is InChI=1S/C12H20N2O4S/c15-12(16)7-8-5-10-3-4-11(6-8)14(10)19(17,18)13-9-1-2-9/h8-11,13H,1-7H2,(H,15,16). The lowest BCUT2D eigenvalue weighted by Gasteiger charge is -2.37. The van der Waals surface area contributed by atoms with Gasteiger partial charge in [0, 0.05) is 24.5 Å². The Kier molecular flexibility index (Phi) is 3.31. The monoisotopic (exact) mass is 288 g/mol. The molecule has 3 fully saturated rings. The number of nitrogens with zero attached hydrogens (tertiary/aromatic N) is 1. The van der Waals surface area contributed by atoms with E-state index in [9.17, 15) is 13.2 Å². The number of carboxylic acid groups (broad SMARTS) is 1. The largest absolute Gasteiger partial charge is 0.481 e. The highest BCUT2D eigenvalue weighted by Gasteiger charge is 2.47. The van der Waals surface area contributed by atoms with E-state index in [0.717, 1.165) is 25.7 Å². The smallest absolute Gasteiger partial charge is 0.303 e. The Balaban J connectivity index is 1.70. The summed E-state index contributed by atoms with van der Waals surface area (Å²) < 4.78 is 29.0. The van der Waals surface area contributed by atoms with E-state index >= 15 is 0 Å². The first-order valence-electron chi connectivity index (χ1n) is 6.98. The van der Waals surface area contributed by atoms with Crippen molar-refractivity contribution in [3.63, 3.8) is 0 Å². The molecule has 2 heterocycles. The Morgan fingerprint density at radius 1 is 1.16 bits per heavy atom. The normalized spacial score (nSPS) is 35.5. The van der Waals surface area contributed by atoms with Crippen molar-refractivity contribution < 1.29 is 18.3 Å². The molecule has 0 aromatic heterocycles. The highest BCUT2D eigenvalue weighted by Crippen LogP contribution is 2.41. The number of carboxylic acids is 1. The number of aliphatic carboxylic acids is 1. The van der Waals surface area contributed by atoms with E-state index in [4.69, 9.17) is 5.11 Å². The fourth-order valence-electron chi connectivity index (χ4n) is 3.53. The second kappa shape index (κ2) is 4.71. The van der Waals surface area contributed by atoms with Crippen LogP contribution in [-0.2, 0) is 15.0 Å². The first kappa shape index (κ1) is 13.3. The zero-order valence-electron chi connectivity index (χ0n) is 10.8. The van der Waals surface area contributed by atoms with Crippen molar-refractivity contribution in [3.8, 4) is 0 Å². The molecule has 0 aromatic rings. The molecule has 2 aliphatic heterocycles. The van der Waals surface area contributed by atoms with E-state index in [1.54, 1.807) is 4.31 Å². The molecule has 0 aromatic carbocycles. The fourth-order valence-corrected chi connectivity index (χ4v) is 5.47. The number of rotatable bonds is 5. The number of carbonyl (C=O) groups is 1. The third kappa shape index (κ3) is 2.78. The van der Waals surface area contributed by atoms with Gasteiger partial charge in [-0.05, 0) is 44.4 Å². The van der Waals surface area contributed by atoms with Gasteiger partial charge in [-0.3, -0.25) is 4.79 Å². The summed E-state index contributed by atoms with van der Waals surface area (Å²) in [6.07, 6.45) is 5.15. The number of hydrogen-bond donors (Lipinski definition) is 2. The number of piperidine rings is 1. The van der Waals surface area contributed by atoms with Crippen molar-refractivity contribution >= 4 is 16.2 Å². The summed E-state index contributed by atoms with van der Waals surface area (Å²) in [5.41, 5.74) is 0. The second-order valence-electron chi connectivity index (χ2n) is 6.05. The maximum Gasteiger partial charge on any atom is 0.303 e. The molecule has 2 bridgehead atoms. The van der Waals surface area contributed by atoms with Crippen molar-refractivity contribution in [1.29, 1.82) is 0 Å². The Morgan fingerprint density at radius 3 is 2.21 bits per heavy atom. The lowest BCUT2D eigenvalue weighted by atomic mass is 9.90. The summed E-state index contributed by atoms with van der Waals surface area (Å²) in [4.78, 5) is 10.8. The van der Waals surface area contributed by atoms with Crippen LogP contribution in [0.25, 0.3) is 0 Å². The van der Waals surface area contributed by atoms with E-state index in [1.165, 1.54) is 0 Å². The molecular weight excluding hydrogens is 268 g/mol. The number of hydrogen-bond acceptors (Lipinski definition) is 3. The van der Waals surface area contributed by atoms with Gasteiger partial charge in [0.05, 0.1) is 0 Å². The minimum absolute atomic E-state index is 0.000602. The second-order valence-corrected chi connectivity index (χ2v) is 7.65. The molecule has 0 spiro atoms. The molecule has 1 saturated carbocycles. The minimum atomic E-state index is -3.37. The summed E-state index contributed by atoms with van der Waals surface area (Å²) in [5.74, 6) is -0.654. The maximum absolute atomic E-state index is 12.3. The molecule has 2 atom stereocenters. The van der Waals surface area contributed by atoms with Crippen LogP contribution in [0.5, 0.6) is 0 Å². The van der Waals surface area contributed by atoms with Crippen LogP contribution < -0.4 is 4.72 Å². The summed E-state index contributed by atoms with van der Waals surface area (Å²) >= 11 is 0. The quantitative estimate of drug-likeness (QED) is 0.779. The summed E-state index contributed by atoms with van der Waals surface area (Å²) in [6, 6.07) is 0.125. The van der Waals surface area contributed by atoms with E-state index in [1.807, 2.05) is 0 Å². The van der Waals surface area contributed by atoms with Gasteiger partial charge in [0.2, 0.25) is 0 Å². The molecule has 2 N–H and O–H groups in total. The van der Waals surface area contributed by atoms with Crippen LogP contribution in [-0.4, -0.2) is 41.9 Å². The molecule has 19 heavy (non-hydrogen) atoms. The van der Waals surface area contributed by atoms with Crippen molar-refractivity contribution in [3.05, 3.63) is 0 Å². The van der Waals surface area contributed by atoms with Crippen LogP contribution in [0.15, 0.2) is 0 Å². The summed E-state index contributed by atoms with van der Waals surface area (Å²) in [7, 11) is -3.37. The van der Waals surface area contributed by atoms with Crippen LogP contribution >= 0.6 is 0 Å². The van der Waals surface area contributed by atoms with Gasteiger partial charge in [-0.25, -0.2) is 0 Å². The Bertz CT molecular complexity index is 460. The first-order valence-corrected chi connectivity index (χ1v) is 8.42. The Hall–Kier alpha value is -0.660. The highest BCUT2D eigenvalue weighted by molar-refractivity contribution is 7.87. The molecule has 1 aliphatic carbocycles. The van der Waals surface area contributed by atoms with Crippen molar-refractivity contribution in [2.24, 2.45) is 5.92 Å². The minimum Gasteiger partial charge on any atom is -0.481 e. The number of fused-ring (bicyclic) bond motifs is 2. The lowest BCUT2D eigenvalue weighted by molar-refractivity contribution is -0.138. The van der Waals surface area contributed by atoms with Crippen LogP contribution in [0.1, 0.15) is 44.9 Å². The van der Waals surface area contributed by atoms with Gasteiger partial charge in [0.15, 0.2) is 0 Å².